The van der Waals surface area contributed by atoms with Crippen molar-refractivity contribution in [2.24, 2.45) is 0 Å². The molecule has 2 amide bonds. The average molecular weight is 461 g/mol. The van der Waals surface area contributed by atoms with Gasteiger partial charge in [0.05, 0.1) is 35.9 Å². The first kappa shape index (κ1) is 23.0. The first-order valence-corrected chi connectivity index (χ1v) is 10.6. The minimum Gasteiger partial charge on any atom is -0.343 e. The van der Waals surface area contributed by atoms with E-state index in [2.05, 4.69) is 15.3 Å². The number of allylic oxidation sites excluding steroid dienone is 1. The number of carbonyl (C=O) groups excluding carboxylic acids is 2. The highest BCUT2D eigenvalue weighted by Crippen LogP contribution is 2.31. The predicted molar refractivity (Wildman–Crippen MR) is 123 cm³/mol. The van der Waals surface area contributed by atoms with Crippen molar-refractivity contribution in [3.8, 4) is 6.07 Å². The number of fused-ring (bicyclic) bond motifs is 1. The van der Waals surface area contributed by atoms with Crippen molar-refractivity contribution in [2.45, 2.75) is 25.3 Å². The number of halogens is 2. The van der Waals surface area contributed by atoms with Crippen LogP contribution in [0.2, 0.25) is 0 Å². The quantitative estimate of drug-likeness (QED) is 0.625. The lowest BCUT2D eigenvalue weighted by atomic mass is 10.0. The SMILES string of the molecule is CC(=Cc1ccccn1)c1ccc2nccc(C(=O)NCC(=O)N3CC(F)(F)CC3C#N)c2c1. The largest absolute Gasteiger partial charge is 0.343 e. The van der Waals surface area contributed by atoms with Gasteiger partial charge < -0.3 is 10.2 Å². The van der Waals surface area contributed by atoms with Crippen molar-refractivity contribution < 1.29 is 18.4 Å². The van der Waals surface area contributed by atoms with Crippen LogP contribution in [0.5, 0.6) is 0 Å². The lowest BCUT2D eigenvalue weighted by Crippen LogP contribution is -2.43. The van der Waals surface area contributed by atoms with Gasteiger partial charge in [0.15, 0.2) is 0 Å². The molecule has 0 spiro atoms. The summed E-state index contributed by atoms with van der Waals surface area (Å²) >= 11 is 0. The summed E-state index contributed by atoms with van der Waals surface area (Å²) in [4.78, 5) is 34.7. The van der Waals surface area contributed by atoms with Crippen LogP contribution < -0.4 is 5.32 Å². The van der Waals surface area contributed by atoms with E-state index in [0.717, 1.165) is 21.7 Å². The summed E-state index contributed by atoms with van der Waals surface area (Å²) in [6.07, 6.45) is 4.41. The zero-order valence-corrected chi connectivity index (χ0v) is 18.3. The lowest BCUT2D eigenvalue weighted by molar-refractivity contribution is -0.131. The smallest absolute Gasteiger partial charge is 0.268 e. The number of aromatic nitrogens is 2. The molecule has 0 saturated carbocycles. The van der Waals surface area contributed by atoms with Crippen molar-refractivity contribution >= 4 is 34.4 Å². The molecule has 1 aliphatic rings. The van der Waals surface area contributed by atoms with Crippen LogP contribution >= 0.6 is 0 Å². The van der Waals surface area contributed by atoms with E-state index in [-0.39, 0.29) is 0 Å². The lowest BCUT2D eigenvalue weighted by Gasteiger charge is -2.19. The second-order valence-corrected chi connectivity index (χ2v) is 8.08. The number of nitrogens with one attached hydrogen (secondary N) is 1. The number of amides is 2. The van der Waals surface area contributed by atoms with E-state index < -0.39 is 43.3 Å². The third kappa shape index (κ3) is 4.91. The zero-order chi connectivity index (χ0) is 24.3. The fourth-order valence-corrected chi connectivity index (χ4v) is 3.90. The zero-order valence-electron chi connectivity index (χ0n) is 18.3. The van der Waals surface area contributed by atoms with Crippen LogP contribution in [0, 0.1) is 11.3 Å². The van der Waals surface area contributed by atoms with Crippen LogP contribution in [0.15, 0.2) is 54.9 Å². The van der Waals surface area contributed by atoms with E-state index in [0.29, 0.717) is 16.5 Å². The molecular formula is C25H21F2N5O2. The minimum absolute atomic E-state index is 0.300. The Bertz CT molecular complexity index is 1320. The number of likely N-dealkylation sites (tertiary alicyclic amines) is 1. The topological polar surface area (TPSA) is 99.0 Å². The molecule has 0 radical (unpaired) electrons. The number of nitriles is 1. The van der Waals surface area contributed by atoms with Crippen molar-refractivity contribution in [1.82, 2.24) is 20.2 Å². The Balaban J connectivity index is 1.54. The molecule has 1 aliphatic heterocycles. The highest BCUT2D eigenvalue weighted by molar-refractivity contribution is 6.07. The Hall–Kier alpha value is -4.19. The predicted octanol–water partition coefficient (Wildman–Crippen LogP) is 3.68. The van der Waals surface area contributed by atoms with E-state index in [1.54, 1.807) is 18.3 Å². The van der Waals surface area contributed by atoms with Crippen LogP contribution in [-0.2, 0) is 4.79 Å². The maximum Gasteiger partial charge on any atom is 0.268 e. The molecular weight excluding hydrogens is 440 g/mol. The second kappa shape index (κ2) is 9.35. The van der Waals surface area contributed by atoms with Gasteiger partial charge in [-0.05, 0) is 54.5 Å². The Labute approximate surface area is 194 Å². The Morgan fingerprint density at radius 2 is 2.06 bits per heavy atom. The molecule has 2 aromatic heterocycles. The standard InChI is InChI=1S/C25H21F2N5O2/c1-16(10-18-4-2-3-8-29-18)17-5-6-22-21(11-17)20(7-9-30-22)24(34)31-14-23(33)32-15-25(26,27)12-19(32)13-28/h2-11,19H,12,14-15H2,1H3,(H,31,34). The molecule has 3 heterocycles. The average Bonchev–Trinajstić information content (AvgIpc) is 3.16. The molecule has 1 atom stereocenters. The second-order valence-electron chi connectivity index (χ2n) is 8.08. The fourth-order valence-electron chi connectivity index (χ4n) is 3.90. The Kier molecular flexibility index (Phi) is 6.32. The summed E-state index contributed by atoms with van der Waals surface area (Å²) in [5.41, 5.74) is 3.49. The van der Waals surface area contributed by atoms with Gasteiger partial charge in [0.1, 0.15) is 6.04 Å². The summed E-state index contributed by atoms with van der Waals surface area (Å²) in [6, 6.07) is 13.2. The number of hydrogen-bond donors (Lipinski definition) is 1. The van der Waals surface area contributed by atoms with Gasteiger partial charge in [0.25, 0.3) is 11.8 Å². The number of nitrogens with zero attached hydrogens (tertiary/aromatic N) is 4. The number of benzene rings is 1. The van der Waals surface area contributed by atoms with Crippen LogP contribution in [-0.4, -0.2) is 51.7 Å². The molecule has 1 fully saturated rings. The highest BCUT2D eigenvalue weighted by atomic mass is 19.3. The summed E-state index contributed by atoms with van der Waals surface area (Å²) < 4.78 is 27.2. The van der Waals surface area contributed by atoms with Gasteiger partial charge in [-0.1, -0.05) is 12.1 Å². The van der Waals surface area contributed by atoms with E-state index in [4.69, 9.17) is 5.26 Å². The van der Waals surface area contributed by atoms with Gasteiger partial charge in [-0.2, -0.15) is 5.26 Å². The number of carbonyl (C=O) groups is 2. The summed E-state index contributed by atoms with van der Waals surface area (Å²) in [5, 5.41) is 12.2. The summed E-state index contributed by atoms with van der Waals surface area (Å²) in [7, 11) is 0. The molecule has 1 saturated heterocycles. The maximum absolute atomic E-state index is 13.6. The van der Waals surface area contributed by atoms with Crippen molar-refractivity contribution in [3.05, 3.63) is 71.7 Å². The van der Waals surface area contributed by atoms with Crippen molar-refractivity contribution in [2.75, 3.05) is 13.1 Å². The van der Waals surface area contributed by atoms with Crippen LogP contribution in [0.3, 0.4) is 0 Å². The third-order valence-corrected chi connectivity index (χ3v) is 5.63. The summed E-state index contributed by atoms with van der Waals surface area (Å²) in [5.74, 6) is -4.38. The highest BCUT2D eigenvalue weighted by Gasteiger charge is 2.47. The van der Waals surface area contributed by atoms with Gasteiger partial charge >= 0.3 is 0 Å². The van der Waals surface area contributed by atoms with Crippen LogP contribution in [0.25, 0.3) is 22.6 Å². The maximum atomic E-state index is 13.6. The van der Waals surface area contributed by atoms with Gasteiger partial charge in [0.2, 0.25) is 5.91 Å². The van der Waals surface area contributed by atoms with Gasteiger partial charge in [-0.3, -0.25) is 19.6 Å². The van der Waals surface area contributed by atoms with Crippen molar-refractivity contribution in [3.63, 3.8) is 0 Å². The van der Waals surface area contributed by atoms with Gasteiger partial charge in [-0.25, -0.2) is 8.78 Å². The first-order chi connectivity index (χ1) is 16.3. The molecule has 0 aliphatic carbocycles. The number of hydrogen-bond acceptors (Lipinski definition) is 5. The van der Waals surface area contributed by atoms with Crippen molar-refractivity contribution in [1.29, 1.82) is 5.26 Å². The molecule has 4 rings (SSSR count). The van der Waals surface area contributed by atoms with E-state index in [1.165, 1.54) is 12.3 Å². The number of pyridine rings is 2. The molecule has 172 valence electrons. The van der Waals surface area contributed by atoms with E-state index >= 15 is 0 Å². The van der Waals surface area contributed by atoms with Gasteiger partial charge in [0, 0.05) is 24.2 Å². The first-order valence-electron chi connectivity index (χ1n) is 10.6. The fraction of sp³-hybridized carbons (Fsp3) is 0.240. The molecule has 0 bridgehead atoms. The monoisotopic (exact) mass is 461 g/mol. The Morgan fingerprint density at radius 3 is 2.79 bits per heavy atom. The third-order valence-electron chi connectivity index (χ3n) is 5.63. The molecule has 9 heteroatoms. The minimum atomic E-state index is -3.11. The molecule has 7 nitrogen and oxygen atoms in total. The molecule has 34 heavy (non-hydrogen) atoms. The Morgan fingerprint density at radius 1 is 1.24 bits per heavy atom. The molecule has 3 aromatic rings. The molecule has 1 aromatic carbocycles. The molecule has 1 unspecified atom stereocenters. The summed E-state index contributed by atoms with van der Waals surface area (Å²) in [6.45, 7) is 0.612. The van der Waals surface area contributed by atoms with Gasteiger partial charge in [-0.15, -0.1) is 0 Å². The van der Waals surface area contributed by atoms with Crippen LogP contribution in [0.4, 0.5) is 8.78 Å². The van der Waals surface area contributed by atoms with E-state index in [1.807, 2.05) is 43.3 Å². The number of rotatable bonds is 5. The number of alkyl halides is 2. The van der Waals surface area contributed by atoms with Crippen LogP contribution in [0.1, 0.15) is 35.0 Å². The normalized spacial score (nSPS) is 17.4. The molecule has 1 N–H and O–H groups in total. The van der Waals surface area contributed by atoms with E-state index in [9.17, 15) is 18.4 Å².